The van der Waals surface area contributed by atoms with E-state index in [1.165, 1.54) is 0 Å². The van der Waals surface area contributed by atoms with E-state index >= 15 is 0 Å². The molecule has 1 aliphatic rings. The minimum atomic E-state index is -0.668. The van der Waals surface area contributed by atoms with Crippen molar-refractivity contribution in [2.75, 3.05) is 11.6 Å². The molecule has 6 aromatic rings. The Labute approximate surface area is 300 Å². The Morgan fingerprint density at radius 3 is 1.76 bits per heavy atom. The molecule has 1 atom stereocenters. The molecule has 7 rings (SSSR count). The zero-order chi connectivity index (χ0) is 35.3. The van der Waals surface area contributed by atoms with Crippen LogP contribution in [0.1, 0.15) is 47.2 Å². The molecule has 0 radical (unpaired) electrons. The van der Waals surface area contributed by atoms with E-state index in [-0.39, 0.29) is 0 Å². The average Bonchev–Trinajstić information content (AvgIpc) is 3.45. The van der Waals surface area contributed by atoms with Crippen LogP contribution in [0.4, 0.5) is 5.69 Å². The fraction of sp³-hybridized carbons (Fsp3) is 0.178. The molecule has 5 aromatic carbocycles. The van der Waals surface area contributed by atoms with Crippen LogP contribution in [0.5, 0.6) is 5.88 Å². The van der Waals surface area contributed by atoms with Crippen molar-refractivity contribution in [1.82, 2.24) is 9.88 Å². The lowest BCUT2D eigenvalue weighted by Gasteiger charge is -2.37. The minimum absolute atomic E-state index is 0.423. The van der Waals surface area contributed by atoms with E-state index in [4.69, 9.17) is 4.74 Å². The second-order valence-corrected chi connectivity index (χ2v) is 13.6. The molecule has 6 heteroatoms. The fourth-order valence-electron chi connectivity index (χ4n) is 7.60. The van der Waals surface area contributed by atoms with Crippen molar-refractivity contribution < 1.29 is 14.3 Å². The summed E-state index contributed by atoms with van der Waals surface area (Å²) in [5.41, 5.74) is 6.28. The molecule has 1 fully saturated rings. The first-order valence-electron chi connectivity index (χ1n) is 17.3. The molecule has 1 saturated heterocycles. The highest BCUT2D eigenvalue weighted by atomic mass is 16.5. The maximum absolute atomic E-state index is 13.4. The summed E-state index contributed by atoms with van der Waals surface area (Å²) >= 11 is 0. The highest BCUT2D eigenvalue weighted by Gasteiger charge is 2.50. The Morgan fingerprint density at radius 1 is 0.725 bits per heavy atom. The summed E-state index contributed by atoms with van der Waals surface area (Å²) in [5, 5.41) is 0. The van der Waals surface area contributed by atoms with Gasteiger partial charge >= 0.3 is 0 Å². The van der Waals surface area contributed by atoms with Crippen LogP contribution in [0.25, 0.3) is 0 Å². The largest absolute Gasteiger partial charge is 0.473 e. The second-order valence-electron chi connectivity index (χ2n) is 13.6. The van der Waals surface area contributed by atoms with Crippen LogP contribution in [0.3, 0.4) is 0 Å². The van der Waals surface area contributed by atoms with Crippen LogP contribution < -0.4 is 9.64 Å². The monoisotopic (exact) mass is 671 g/mol. The molecule has 51 heavy (non-hydrogen) atoms. The van der Waals surface area contributed by atoms with Gasteiger partial charge in [0.15, 0.2) is 6.29 Å². The lowest BCUT2D eigenvalue weighted by atomic mass is 9.65. The second kappa shape index (κ2) is 14.6. The standard InChI is InChI=1S/C45H41N3O3/c1-44(2)43(41(50)31-49)48(33-47(44)30-35-27-28-46-42(29-35)51-32-34-15-7-3-8-16-34)40-25-23-39(24-26-40)45(36-17-9-4-10-18-36,37-19-11-5-12-20-37)38-21-13-6-14-22-38/h3-29,31,43H,30,32-33H2,1-2H3. The summed E-state index contributed by atoms with van der Waals surface area (Å²) in [4.78, 5) is 34.2. The summed E-state index contributed by atoms with van der Waals surface area (Å²) in [5.74, 6) is 0.0976. The number of aromatic nitrogens is 1. The van der Waals surface area contributed by atoms with Crippen molar-refractivity contribution in [3.8, 4) is 5.88 Å². The van der Waals surface area contributed by atoms with Crippen molar-refractivity contribution in [3.63, 3.8) is 0 Å². The SMILES string of the molecule is CC1(C)C(C(=O)C=O)N(c2ccc(C(c3ccccc3)(c3ccccc3)c3ccccc3)cc2)CN1Cc1ccnc(OCc2ccccc2)c1. The molecule has 0 aliphatic carbocycles. The molecule has 0 saturated carbocycles. The van der Waals surface area contributed by atoms with Crippen molar-refractivity contribution in [1.29, 1.82) is 0 Å². The number of carbonyl (C=O) groups is 2. The number of ether oxygens (including phenoxy) is 1. The maximum Gasteiger partial charge on any atom is 0.219 e. The zero-order valence-electron chi connectivity index (χ0n) is 28.9. The normalized spacial score (nSPS) is 15.7. The minimum Gasteiger partial charge on any atom is -0.473 e. The highest BCUT2D eigenvalue weighted by Crippen LogP contribution is 2.46. The van der Waals surface area contributed by atoms with Crippen molar-refractivity contribution in [2.24, 2.45) is 0 Å². The summed E-state index contributed by atoms with van der Waals surface area (Å²) in [7, 11) is 0. The van der Waals surface area contributed by atoms with E-state index in [0.717, 1.165) is 39.1 Å². The Hall–Kier alpha value is -5.85. The van der Waals surface area contributed by atoms with Gasteiger partial charge in [-0.1, -0.05) is 133 Å². The van der Waals surface area contributed by atoms with Gasteiger partial charge in [0.05, 0.1) is 12.1 Å². The van der Waals surface area contributed by atoms with Crippen LogP contribution in [0.15, 0.2) is 164 Å². The molecule has 1 aliphatic heterocycles. The van der Waals surface area contributed by atoms with Crippen LogP contribution in [-0.4, -0.2) is 40.2 Å². The Bertz CT molecular complexity index is 1970. The Kier molecular flexibility index (Phi) is 9.60. The fourth-order valence-corrected chi connectivity index (χ4v) is 7.60. The maximum atomic E-state index is 13.4. The smallest absolute Gasteiger partial charge is 0.219 e. The average molecular weight is 672 g/mol. The molecule has 0 spiro atoms. The lowest BCUT2D eigenvalue weighted by Crippen LogP contribution is -2.51. The molecule has 0 bridgehead atoms. The molecule has 0 N–H and O–H groups in total. The highest BCUT2D eigenvalue weighted by molar-refractivity contribution is 6.28. The van der Waals surface area contributed by atoms with E-state index in [1.807, 2.05) is 74.5 Å². The molecule has 6 nitrogen and oxygen atoms in total. The van der Waals surface area contributed by atoms with Gasteiger partial charge in [0.1, 0.15) is 12.6 Å². The number of nitrogens with zero attached hydrogens (tertiary/aromatic N) is 3. The number of aldehydes is 1. The molecule has 1 unspecified atom stereocenters. The third-order valence-electron chi connectivity index (χ3n) is 10.2. The first kappa shape index (κ1) is 33.6. The van der Waals surface area contributed by atoms with E-state index in [1.54, 1.807) is 6.20 Å². The number of ketones is 1. The van der Waals surface area contributed by atoms with Gasteiger partial charge in [0.25, 0.3) is 0 Å². The number of benzene rings is 5. The Balaban J connectivity index is 1.22. The van der Waals surface area contributed by atoms with Crippen LogP contribution >= 0.6 is 0 Å². The van der Waals surface area contributed by atoms with Crippen LogP contribution in [-0.2, 0) is 28.2 Å². The van der Waals surface area contributed by atoms with Gasteiger partial charge in [-0.3, -0.25) is 14.5 Å². The number of rotatable bonds is 12. The van der Waals surface area contributed by atoms with E-state index in [2.05, 4.69) is 112 Å². The predicted octanol–water partition coefficient (Wildman–Crippen LogP) is 8.24. The third-order valence-corrected chi connectivity index (χ3v) is 10.2. The van der Waals surface area contributed by atoms with Gasteiger partial charge in [0.2, 0.25) is 11.7 Å². The van der Waals surface area contributed by atoms with Gasteiger partial charge < -0.3 is 9.64 Å². The first-order valence-corrected chi connectivity index (χ1v) is 17.3. The predicted molar refractivity (Wildman–Crippen MR) is 202 cm³/mol. The van der Waals surface area contributed by atoms with Crippen LogP contribution in [0.2, 0.25) is 0 Å². The molecule has 0 amide bonds. The number of pyridine rings is 1. The summed E-state index contributed by atoms with van der Waals surface area (Å²) in [6.07, 6.45) is 2.21. The van der Waals surface area contributed by atoms with E-state index in [9.17, 15) is 9.59 Å². The zero-order valence-corrected chi connectivity index (χ0v) is 28.9. The number of hydrogen-bond acceptors (Lipinski definition) is 6. The quantitative estimate of drug-likeness (QED) is 0.0742. The van der Waals surface area contributed by atoms with Crippen molar-refractivity contribution in [2.45, 2.75) is 44.0 Å². The lowest BCUT2D eigenvalue weighted by molar-refractivity contribution is -0.131. The molecule has 1 aromatic heterocycles. The summed E-state index contributed by atoms with van der Waals surface area (Å²) in [6, 6.07) is 53.5. The summed E-state index contributed by atoms with van der Waals surface area (Å²) in [6.45, 7) is 5.50. The number of hydrogen-bond donors (Lipinski definition) is 0. The number of anilines is 1. The Morgan fingerprint density at radius 2 is 1.24 bits per heavy atom. The third kappa shape index (κ3) is 6.58. The number of Topliss-reactive ketones (excluding diaryl/α,β-unsaturated/α-hetero) is 1. The number of carbonyl (C=O) groups excluding carboxylic acids is 2. The molecule has 2 heterocycles. The van der Waals surface area contributed by atoms with E-state index < -0.39 is 22.8 Å². The molecular formula is C45H41N3O3. The van der Waals surface area contributed by atoms with Crippen molar-refractivity contribution >= 4 is 17.8 Å². The van der Waals surface area contributed by atoms with Gasteiger partial charge in [-0.25, -0.2) is 4.98 Å². The van der Waals surface area contributed by atoms with Gasteiger partial charge in [-0.05, 0) is 65.4 Å². The van der Waals surface area contributed by atoms with Gasteiger partial charge in [-0.15, -0.1) is 0 Å². The van der Waals surface area contributed by atoms with Gasteiger partial charge in [0, 0.05) is 30.0 Å². The topological polar surface area (TPSA) is 62.7 Å². The van der Waals surface area contributed by atoms with Crippen LogP contribution in [0, 0.1) is 0 Å². The van der Waals surface area contributed by atoms with E-state index in [0.29, 0.717) is 32.0 Å². The van der Waals surface area contributed by atoms with Crippen molar-refractivity contribution in [3.05, 3.63) is 197 Å². The first-order chi connectivity index (χ1) is 24.9. The molecule has 254 valence electrons. The molecular weight excluding hydrogens is 631 g/mol. The summed E-state index contributed by atoms with van der Waals surface area (Å²) < 4.78 is 6.01. The van der Waals surface area contributed by atoms with Gasteiger partial charge in [-0.2, -0.15) is 0 Å².